The fraction of sp³-hybridized carbons (Fsp3) is 0.259. The average molecular weight is 493 g/mol. The van der Waals surface area contributed by atoms with E-state index in [0.717, 1.165) is 26.7 Å². The van der Waals surface area contributed by atoms with Gasteiger partial charge < -0.3 is 10.2 Å². The molecule has 0 saturated carbocycles. The molecular formula is C27H29BrN2O2. The number of nitrogens with one attached hydrogen (secondary N) is 1. The zero-order valence-corrected chi connectivity index (χ0v) is 20.4. The third kappa shape index (κ3) is 6.30. The summed E-state index contributed by atoms with van der Waals surface area (Å²) in [5.74, 6) is -0.241. The lowest BCUT2D eigenvalue weighted by molar-refractivity contribution is -0.140. The molecule has 0 fully saturated rings. The Hall–Kier alpha value is -2.92. The molecule has 0 aliphatic carbocycles. The van der Waals surface area contributed by atoms with Gasteiger partial charge in [-0.1, -0.05) is 76.6 Å². The van der Waals surface area contributed by atoms with Crippen molar-refractivity contribution in [3.8, 4) is 0 Å². The van der Waals surface area contributed by atoms with E-state index in [1.807, 2.05) is 73.7 Å². The molecule has 3 aromatic carbocycles. The number of amides is 2. The zero-order chi connectivity index (χ0) is 23.1. The van der Waals surface area contributed by atoms with Crippen molar-refractivity contribution in [1.29, 1.82) is 0 Å². The number of hydrogen-bond donors (Lipinski definition) is 1. The lowest BCUT2D eigenvalue weighted by atomic mass is 10.0. The maximum atomic E-state index is 13.6. The molecule has 0 saturated heterocycles. The lowest BCUT2D eigenvalue weighted by Crippen LogP contribution is -2.50. The van der Waals surface area contributed by atoms with Crippen molar-refractivity contribution in [2.24, 2.45) is 0 Å². The molecule has 3 rings (SSSR count). The molecule has 0 aliphatic rings. The predicted octanol–water partition coefficient (Wildman–Crippen LogP) is 4.99. The van der Waals surface area contributed by atoms with Gasteiger partial charge in [-0.3, -0.25) is 9.59 Å². The Balaban J connectivity index is 1.95. The van der Waals surface area contributed by atoms with Crippen molar-refractivity contribution in [1.82, 2.24) is 10.2 Å². The summed E-state index contributed by atoms with van der Waals surface area (Å²) >= 11 is 3.51. The van der Waals surface area contributed by atoms with Gasteiger partial charge in [0, 0.05) is 24.5 Å². The molecule has 166 valence electrons. The number of carbonyl (C=O) groups is 2. The van der Waals surface area contributed by atoms with E-state index in [1.54, 1.807) is 11.9 Å². The van der Waals surface area contributed by atoms with E-state index < -0.39 is 6.04 Å². The first kappa shape index (κ1) is 23.7. The highest BCUT2D eigenvalue weighted by molar-refractivity contribution is 9.10. The van der Waals surface area contributed by atoms with E-state index >= 15 is 0 Å². The number of benzene rings is 3. The van der Waals surface area contributed by atoms with Crippen LogP contribution in [0.1, 0.15) is 27.8 Å². The maximum Gasteiger partial charge on any atom is 0.242 e. The van der Waals surface area contributed by atoms with Crippen molar-refractivity contribution >= 4 is 27.7 Å². The molecule has 3 aromatic rings. The first-order valence-corrected chi connectivity index (χ1v) is 11.5. The molecule has 4 nitrogen and oxygen atoms in total. The Bertz CT molecular complexity index is 1080. The topological polar surface area (TPSA) is 49.4 Å². The van der Waals surface area contributed by atoms with E-state index in [9.17, 15) is 9.59 Å². The summed E-state index contributed by atoms with van der Waals surface area (Å²) in [4.78, 5) is 28.3. The summed E-state index contributed by atoms with van der Waals surface area (Å²) in [5, 5.41) is 2.76. The van der Waals surface area contributed by atoms with Crippen molar-refractivity contribution in [3.05, 3.63) is 105 Å². The average Bonchev–Trinajstić information content (AvgIpc) is 2.79. The molecule has 1 unspecified atom stereocenters. The molecule has 1 N–H and O–H groups in total. The molecule has 0 aliphatic heterocycles. The van der Waals surface area contributed by atoms with Crippen LogP contribution in [0.3, 0.4) is 0 Å². The van der Waals surface area contributed by atoms with Crippen molar-refractivity contribution in [3.63, 3.8) is 0 Å². The Morgan fingerprint density at radius 2 is 1.59 bits per heavy atom. The predicted molar refractivity (Wildman–Crippen MR) is 132 cm³/mol. The van der Waals surface area contributed by atoms with Gasteiger partial charge >= 0.3 is 0 Å². The highest BCUT2D eigenvalue weighted by Gasteiger charge is 2.29. The number of aryl methyl sites for hydroxylation is 2. The first-order chi connectivity index (χ1) is 15.4. The number of likely N-dealkylation sites (N-methyl/N-ethyl adjacent to an activating group) is 1. The van der Waals surface area contributed by atoms with Crippen LogP contribution in [0, 0.1) is 13.8 Å². The van der Waals surface area contributed by atoms with Crippen LogP contribution < -0.4 is 5.32 Å². The molecule has 1 atom stereocenters. The van der Waals surface area contributed by atoms with E-state index in [2.05, 4.69) is 34.2 Å². The highest BCUT2D eigenvalue weighted by atomic mass is 79.9. The molecule has 0 radical (unpaired) electrons. The molecule has 2 amide bonds. The largest absolute Gasteiger partial charge is 0.357 e. The molecular weight excluding hydrogens is 464 g/mol. The number of nitrogens with zero attached hydrogens (tertiary/aromatic N) is 1. The standard InChI is InChI=1S/C27H29BrN2O2/c1-19-12-13-22(14-20(19)2)17-26(31)30(18-23-10-7-11-24(28)15-23)25(27(32)29-3)16-21-8-5-4-6-9-21/h4-15,25H,16-18H2,1-3H3,(H,29,32). The Labute approximate surface area is 198 Å². The SMILES string of the molecule is CNC(=O)C(Cc1ccccc1)N(Cc1cccc(Br)c1)C(=O)Cc1ccc(C)c(C)c1. The second-order valence-corrected chi connectivity index (χ2v) is 8.98. The van der Waals surface area contributed by atoms with Crippen LogP contribution in [0.15, 0.2) is 77.3 Å². The molecule has 0 heterocycles. The second kappa shape index (κ2) is 11.1. The monoisotopic (exact) mass is 492 g/mol. The fourth-order valence-corrected chi connectivity index (χ4v) is 4.19. The Kier molecular flexibility index (Phi) is 8.23. The van der Waals surface area contributed by atoms with E-state index in [-0.39, 0.29) is 18.2 Å². The van der Waals surface area contributed by atoms with E-state index in [0.29, 0.717) is 13.0 Å². The van der Waals surface area contributed by atoms with Gasteiger partial charge in [-0.15, -0.1) is 0 Å². The zero-order valence-electron chi connectivity index (χ0n) is 18.8. The van der Waals surface area contributed by atoms with Crippen molar-refractivity contribution in [2.45, 2.75) is 39.3 Å². The molecule has 0 bridgehead atoms. The van der Waals surface area contributed by atoms with Crippen molar-refractivity contribution in [2.75, 3.05) is 7.05 Å². The first-order valence-electron chi connectivity index (χ1n) is 10.7. The molecule has 5 heteroatoms. The third-order valence-electron chi connectivity index (χ3n) is 5.69. The maximum absolute atomic E-state index is 13.6. The number of rotatable bonds is 8. The number of halogens is 1. The van der Waals surface area contributed by atoms with Crippen LogP contribution in [-0.4, -0.2) is 29.8 Å². The van der Waals surface area contributed by atoms with Crippen molar-refractivity contribution < 1.29 is 9.59 Å². The summed E-state index contributed by atoms with van der Waals surface area (Å²) in [7, 11) is 1.62. The normalized spacial score (nSPS) is 11.6. The smallest absolute Gasteiger partial charge is 0.242 e. The van der Waals surface area contributed by atoms with Gasteiger partial charge in [-0.25, -0.2) is 0 Å². The number of carbonyl (C=O) groups excluding carboxylic acids is 2. The minimum atomic E-state index is -0.611. The Morgan fingerprint density at radius 1 is 0.875 bits per heavy atom. The van der Waals surface area contributed by atoms with Crippen LogP contribution >= 0.6 is 15.9 Å². The quantitative estimate of drug-likeness (QED) is 0.481. The summed E-state index contributed by atoms with van der Waals surface area (Å²) in [5.41, 5.74) is 5.28. The summed E-state index contributed by atoms with van der Waals surface area (Å²) in [6.07, 6.45) is 0.699. The lowest BCUT2D eigenvalue weighted by Gasteiger charge is -2.31. The van der Waals surface area contributed by atoms with Crippen LogP contribution in [0.25, 0.3) is 0 Å². The van der Waals surface area contributed by atoms with Crippen LogP contribution in [0.2, 0.25) is 0 Å². The summed E-state index contributed by atoms with van der Waals surface area (Å²) < 4.78 is 0.941. The van der Waals surface area contributed by atoms with Gasteiger partial charge in [0.2, 0.25) is 11.8 Å². The van der Waals surface area contributed by atoms with Gasteiger partial charge in [0.25, 0.3) is 0 Å². The van der Waals surface area contributed by atoms with Gasteiger partial charge in [-0.2, -0.15) is 0 Å². The molecule has 0 aromatic heterocycles. The van der Waals surface area contributed by atoms with E-state index in [4.69, 9.17) is 0 Å². The molecule has 0 spiro atoms. The van der Waals surface area contributed by atoms with E-state index in [1.165, 1.54) is 5.56 Å². The van der Waals surface area contributed by atoms with Gasteiger partial charge in [0.1, 0.15) is 6.04 Å². The van der Waals surface area contributed by atoms with Crippen LogP contribution in [0.5, 0.6) is 0 Å². The van der Waals surface area contributed by atoms with Crippen LogP contribution in [-0.2, 0) is 29.0 Å². The summed E-state index contributed by atoms with van der Waals surface area (Å²) in [6.45, 7) is 4.46. The number of hydrogen-bond acceptors (Lipinski definition) is 2. The van der Waals surface area contributed by atoms with Gasteiger partial charge in [0.15, 0.2) is 0 Å². The van der Waals surface area contributed by atoms with Gasteiger partial charge in [0.05, 0.1) is 6.42 Å². The third-order valence-corrected chi connectivity index (χ3v) is 6.18. The molecule has 32 heavy (non-hydrogen) atoms. The minimum Gasteiger partial charge on any atom is -0.357 e. The highest BCUT2D eigenvalue weighted by Crippen LogP contribution is 2.19. The summed E-state index contributed by atoms with van der Waals surface area (Å²) in [6, 6.07) is 23.1. The Morgan fingerprint density at radius 3 is 2.25 bits per heavy atom. The second-order valence-electron chi connectivity index (χ2n) is 8.07. The van der Waals surface area contributed by atoms with Crippen LogP contribution in [0.4, 0.5) is 0 Å². The fourth-order valence-electron chi connectivity index (χ4n) is 3.74. The van der Waals surface area contributed by atoms with Gasteiger partial charge in [-0.05, 0) is 53.8 Å². The minimum absolute atomic E-state index is 0.0715.